The molecule has 0 bridgehead atoms. The number of guanidine groups is 1. The molecule has 0 saturated carbocycles. The molecule has 1 aliphatic heterocycles. The van der Waals surface area contributed by atoms with E-state index in [1.807, 2.05) is 43.7 Å². The van der Waals surface area contributed by atoms with Crippen LogP contribution in [0.15, 0.2) is 29.3 Å². The van der Waals surface area contributed by atoms with Crippen LogP contribution in [-0.2, 0) is 18.3 Å². The minimum atomic E-state index is 0.163. The van der Waals surface area contributed by atoms with Gasteiger partial charge < -0.3 is 24.7 Å². The van der Waals surface area contributed by atoms with Crippen LogP contribution in [0.4, 0.5) is 0 Å². The summed E-state index contributed by atoms with van der Waals surface area (Å²) in [6, 6.07) is 8.34. The maximum absolute atomic E-state index is 5.78. The van der Waals surface area contributed by atoms with Gasteiger partial charge in [-0.05, 0) is 32.8 Å². The number of rotatable bonds is 9. The first-order valence-corrected chi connectivity index (χ1v) is 10.4. The maximum Gasteiger partial charge on any atom is 0.192 e. The number of unbranched alkanes of at least 4 members (excludes halogenated alkanes) is 1. The monoisotopic (exact) mass is 400 g/mol. The molecule has 8 nitrogen and oxygen atoms in total. The predicted molar refractivity (Wildman–Crippen MR) is 113 cm³/mol. The van der Waals surface area contributed by atoms with Crippen molar-refractivity contribution in [2.45, 2.75) is 45.7 Å². The number of aliphatic imine (C=N–C) groups is 1. The number of aryl methyl sites for hydroxylation is 1. The average Bonchev–Trinajstić information content (AvgIpc) is 3.06. The molecule has 2 heterocycles. The summed E-state index contributed by atoms with van der Waals surface area (Å²) >= 11 is 0. The number of para-hydroxylation sites is 1. The molecular weight excluding hydrogens is 368 g/mol. The first kappa shape index (κ1) is 21.1. The standard InChI is InChI=1S/C21H32N6O2/c1-4-28-13-8-7-12-22-21(23-15-20-26-25-16(2)27(20)3)24-18-11-14-29-19-10-6-5-9-17(18)19/h5-6,9-10,18H,4,7-8,11-15H2,1-3H3,(H2,22,23,24). The fourth-order valence-corrected chi connectivity index (χ4v) is 3.23. The van der Waals surface area contributed by atoms with Gasteiger partial charge in [-0.2, -0.15) is 0 Å². The van der Waals surface area contributed by atoms with E-state index in [4.69, 9.17) is 14.5 Å². The zero-order valence-corrected chi connectivity index (χ0v) is 17.6. The fraction of sp³-hybridized carbons (Fsp3) is 0.571. The number of hydrogen-bond donors (Lipinski definition) is 2. The minimum Gasteiger partial charge on any atom is -0.493 e. The summed E-state index contributed by atoms with van der Waals surface area (Å²) in [6.07, 6.45) is 2.94. The van der Waals surface area contributed by atoms with Crippen LogP contribution in [-0.4, -0.2) is 47.1 Å². The molecule has 8 heteroatoms. The Labute approximate surface area is 172 Å². The van der Waals surface area contributed by atoms with Crippen molar-refractivity contribution in [3.8, 4) is 5.75 Å². The quantitative estimate of drug-likeness (QED) is 0.382. The Morgan fingerprint density at radius 3 is 2.97 bits per heavy atom. The van der Waals surface area contributed by atoms with Crippen LogP contribution in [0.1, 0.15) is 49.4 Å². The van der Waals surface area contributed by atoms with E-state index in [0.29, 0.717) is 13.2 Å². The molecule has 1 atom stereocenters. The van der Waals surface area contributed by atoms with Crippen LogP contribution in [0, 0.1) is 6.92 Å². The van der Waals surface area contributed by atoms with Crippen LogP contribution >= 0.6 is 0 Å². The molecule has 1 aromatic carbocycles. The third-order valence-electron chi connectivity index (χ3n) is 5.04. The summed E-state index contributed by atoms with van der Waals surface area (Å²) in [7, 11) is 1.96. The van der Waals surface area contributed by atoms with Gasteiger partial charge >= 0.3 is 0 Å². The van der Waals surface area contributed by atoms with Gasteiger partial charge in [0, 0.05) is 38.8 Å². The zero-order chi connectivity index (χ0) is 20.5. The molecule has 0 radical (unpaired) electrons. The first-order valence-electron chi connectivity index (χ1n) is 10.4. The second-order valence-corrected chi connectivity index (χ2v) is 7.09. The lowest BCUT2D eigenvalue weighted by Crippen LogP contribution is -2.41. The maximum atomic E-state index is 5.78. The van der Waals surface area contributed by atoms with Crippen LogP contribution in [0.3, 0.4) is 0 Å². The number of benzene rings is 1. The van der Waals surface area contributed by atoms with E-state index in [1.165, 1.54) is 5.56 Å². The molecule has 29 heavy (non-hydrogen) atoms. The van der Waals surface area contributed by atoms with Crippen molar-refractivity contribution in [1.82, 2.24) is 25.4 Å². The summed E-state index contributed by atoms with van der Waals surface area (Å²) < 4.78 is 13.2. The van der Waals surface area contributed by atoms with Crippen molar-refractivity contribution in [3.63, 3.8) is 0 Å². The summed E-state index contributed by atoms with van der Waals surface area (Å²) in [5, 5.41) is 15.4. The smallest absolute Gasteiger partial charge is 0.192 e. The van der Waals surface area contributed by atoms with Crippen molar-refractivity contribution < 1.29 is 9.47 Å². The minimum absolute atomic E-state index is 0.163. The lowest BCUT2D eigenvalue weighted by atomic mass is 10.0. The van der Waals surface area contributed by atoms with E-state index in [-0.39, 0.29) is 6.04 Å². The Bertz CT molecular complexity index is 804. The van der Waals surface area contributed by atoms with E-state index in [2.05, 4.69) is 26.9 Å². The Hall–Kier alpha value is -2.61. The number of hydrogen-bond acceptors (Lipinski definition) is 5. The number of nitrogens with one attached hydrogen (secondary N) is 2. The van der Waals surface area contributed by atoms with Gasteiger partial charge in [-0.15, -0.1) is 10.2 Å². The number of fused-ring (bicyclic) bond motifs is 1. The van der Waals surface area contributed by atoms with E-state index in [9.17, 15) is 0 Å². The Kier molecular flexibility index (Phi) is 7.86. The SMILES string of the molecule is CCOCCCCNC(=NCc1nnc(C)n1C)NC1CCOc2ccccc21. The Morgan fingerprint density at radius 2 is 2.17 bits per heavy atom. The molecule has 0 aliphatic carbocycles. The largest absolute Gasteiger partial charge is 0.493 e. The van der Waals surface area contributed by atoms with Crippen LogP contribution in [0.25, 0.3) is 0 Å². The van der Waals surface area contributed by atoms with Gasteiger partial charge in [0.2, 0.25) is 0 Å². The van der Waals surface area contributed by atoms with Crippen molar-refractivity contribution in [2.24, 2.45) is 12.0 Å². The van der Waals surface area contributed by atoms with Gasteiger partial charge in [0.15, 0.2) is 11.8 Å². The molecule has 1 aromatic heterocycles. The summed E-state index contributed by atoms with van der Waals surface area (Å²) in [4.78, 5) is 4.77. The molecule has 1 aliphatic rings. The molecule has 0 saturated heterocycles. The Balaban J connectivity index is 1.65. The molecule has 0 amide bonds. The van der Waals surface area contributed by atoms with Gasteiger partial charge in [0.1, 0.15) is 18.1 Å². The van der Waals surface area contributed by atoms with E-state index in [1.54, 1.807) is 0 Å². The highest BCUT2D eigenvalue weighted by molar-refractivity contribution is 5.80. The molecule has 0 fully saturated rings. The fourth-order valence-electron chi connectivity index (χ4n) is 3.23. The van der Waals surface area contributed by atoms with Gasteiger partial charge in [0.05, 0.1) is 12.6 Å². The highest BCUT2D eigenvalue weighted by Crippen LogP contribution is 2.31. The number of aromatic nitrogens is 3. The first-order chi connectivity index (χ1) is 14.2. The molecular formula is C21H32N6O2. The molecule has 2 N–H and O–H groups in total. The molecule has 3 rings (SSSR count). The topological polar surface area (TPSA) is 85.6 Å². The van der Waals surface area contributed by atoms with E-state index >= 15 is 0 Å². The molecule has 2 aromatic rings. The molecule has 0 spiro atoms. The summed E-state index contributed by atoms with van der Waals surface area (Å²) in [6.45, 7) is 7.52. The van der Waals surface area contributed by atoms with Gasteiger partial charge in [-0.3, -0.25) is 0 Å². The molecule has 158 valence electrons. The average molecular weight is 401 g/mol. The Morgan fingerprint density at radius 1 is 1.31 bits per heavy atom. The highest BCUT2D eigenvalue weighted by Gasteiger charge is 2.22. The normalized spacial score (nSPS) is 16.2. The van der Waals surface area contributed by atoms with Crippen molar-refractivity contribution in [2.75, 3.05) is 26.4 Å². The van der Waals surface area contributed by atoms with Gasteiger partial charge in [-0.1, -0.05) is 18.2 Å². The molecule has 1 unspecified atom stereocenters. The van der Waals surface area contributed by atoms with Crippen molar-refractivity contribution >= 4 is 5.96 Å². The second-order valence-electron chi connectivity index (χ2n) is 7.09. The van der Waals surface area contributed by atoms with E-state index in [0.717, 1.165) is 62.4 Å². The third-order valence-corrected chi connectivity index (χ3v) is 5.04. The second kappa shape index (κ2) is 10.8. The number of nitrogens with zero attached hydrogens (tertiary/aromatic N) is 4. The van der Waals surface area contributed by atoms with Gasteiger partial charge in [-0.25, -0.2) is 4.99 Å². The summed E-state index contributed by atoms with van der Waals surface area (Å²) in [5.41, 5.74) is 1.17. The van der Waals surface area contributed by atoms with Crippen LogP contribution < -0.4 is 15.4 Å². The predicted octanol–water partition coefficient (Wildman–Crippen LogP) is 2.50. The lowest BCUT2D eigenvalue weighted by molar-refractivity contribution is 0.143. The lowest BCUT2D eigenvalue weighted by Gasteiger charge is -2.28. The third kappa shape index (κ3) is 5.93. The van der Waals surface area contributed by atoms with Crippen molar-refractivity contribution in [3.05, 3.63) is 41.5 Å². The van der Waals surface area contributed by atoms with Crippen molar-refractivity contribution in [1.29, 1.82) is 0 Å². The van der Waals surface area contributed by atoms with Crippen LogP contribution in [0.5, 0.6) is 5.75 Å². The zero-order valence-electron chi connectivity index (χ0n) is 17.6. The number of ether oxygens (including phenoxy) is 2. The van der Waals surface area contributed by atoms with E-state index < -0.39 is 0 Å². The van der Waals surface area contributed by atoms with Crippen LogP contribution in [0.2, 0.25) is 0 Å². The highest BCUT2D eigenvalue weighted by atomic mass is 16.5. The van der Waals surface area contributed by atoms with Gasteiger partial charge in [0.25, 0.3) is 0 Å². The summed E-state index contributed by atoms with van der Waals surface area (Å²) in [5.74, 6) is 3.44.